The van der Waals surface area contributed by atoms with Crippen LogP contribution >= 0.6 is 7.92 Å². The Hall–Kier alpha value is -2.94. The van der Waals surface area contributed by atoms with E-state index in [0.29, 0.717) is 3.67 Å². The molecule has 5 heteroatoms. The molecule has 3 nitrogen and oxygen atoms in total. The van der Waals surface area contributed by atoms with Gasteiger partial charge in [0.25, 0.3) is 0 Å². The van der Waals surface area contributed by atoms with Crippen molar-refractivity contribution in [1.82, 2.24) is 10.3 Å². The van der Waals surface area contributed by atoms with Crippen molar-refractivity contribution in [2.24, 2.45) is 5.92 Å². The molecule has 42 heavy (non-hydrogen) atoms. The summed E-state index contributed by atoms with van der Waals surface area (Å²) in [5, 5.41) is 8.43. The molecule has 0 spiro atoms. The first-order valence-electron chi connectivity index (χ1n) is 15.3. The van der Waals surface area contributed by atoms with E-state index in [9.17, 15) is 4.79 Å². The molecule has 210 valence electrons. The fourth-order valence-corrected chi connectivity index (χ4v) is 19.8. The number of para-hydroxylation sites is 1. The van der Waals surface area contributed by atoms with Crippen molar-refractivity contribution in [1.29, 1.82) is 0 Å². The zero-order chi connectivity index (χ0) is 28.9. The number of carbonyl (C=O) groups is 1. The molecule has 5 aromatic rings. The van der Waals surface area contributed by atoms with E-state index >= 15 is 0 Å². The van der Waals surface area contributed by atoms with Crippen molar-refractivity contribution in [2.75, 3.05) is 0 Å². The van der Waals surface area contributed by atoms with E-state index < -0.39 is 29.4 Å². The molecule has 0 radical (unpaired) electrons. The SMILES string of the molecule is CC[C@@H]1CC[C@@H]([C@H](NC(=O)c2ccccc2P(c2ccccc2)c2ccccc2)c2ccnc3ccccc23)[In]([CH3])[CH2]1. The number of fused-ring (bicyclic) bond motifs is 1. The van der Waals surface area contributed by atoms with Gasteiger partial charge in [0.2, 0.25) is 0 Å². The van der Waals surface area contributed by atoms with Crippen LogP contribution < -0.4 is 21.2 Å². The molecule has 1 amide bonds. The minimum atomic E-state index is -1.94. The monoisotopic (exact) mass is 672 g/mol. The van der Waals surface area contributed by atoms with Crippen molar-refractivity contribution < 1.29 is 4.79 Å². The number of nitrogens with one attached hydrogen (secondary N) is 1. The van der Waals surface area contributed by atoms with Crippen LogP contribution in [-0.4, -0.2) is 32.3 Å². The molecule has 1 aliphatic heterocycles. The zero-order valence-electron chi connectivity index (χ0n) is 24.5. The first kappa shape index (κ1) is 29.1. The van der Waals surface area contributed by atoms with Crippen LogP contribution in [0.15, 0.2) is 121 Å². The molecule has 6 rings (SSSR count). The molecule has 0 bridgehead atoms. The number of carbonyl (C=O) groups excluding carboxylic acids is 1. The van der Waals surface area contributed by atoms with E-state index in [-0.39, 0.29) is 11.9 Å². The van der Waals surface area contributed by atoms with Gasteiger partial charge in [-0.25, -0.2) is 0 Å². The van der Waals surface area contributed by atoms with Crippen LogP contribution in [0, 0.1) is 5.92 Å². The van der Waals surface area contributed by atoms with E-state index in [2.05, 4.69) is 119 Å². The third-order valence-corrected chi connectivity index (χ3v) is 21.8. The first-order chi connectivity index (χ1) is 20.6. The van der Waals surface area contributed by atoms with Crippen LogP contribution in [0.1, 0.15) is 48.1 Å². The number of hydrogen-bond donors (Lipinski definition) is 1. The van der Waals surface area contributed by atoms with Crippen LogP contribution in [0.2, 0.25) is 12.5 Å². The van der Waals surface area contributed by atoms with Crippen molar-refractivity contribution >= 4 is 62.1 Å². The topological polar surface area (TPSA) is 42.0 Å². The van der Waals surface area contributed by atoms with Crippen molar-refractivity contribution in [2.45, 2.75) is 44.8 Å². The van der Waals surface area contributed by atoms with Crippen LogP contribution in [0.5, 0.6) is 0 Å². The molecule has 4 aromatic carbocycles. The molecular weight excluding hydrogens is 634 g/mol. The summed E-state index contributed by atoms with van der Waals surface area (Å²) in [5.41, 5.74) is 3.00. The molecule has 2 heterocycles. The van der Waals surface area contributed by atoms with E-state index in [1.54, 1.807) is 0 Å². The first-order valence-corrected chi connectivity index (χ1v) is 24.1. The van der Waals surface area contributed by atoms with Gasteiger partial charge in [0.05, 0.1) is 0 Å². The molecule has 1 saturated heterocycles. The Kier molecular flexibility index (Phi) is 9.42. The van der Waals surface area contributed by atoms with Gasteiger partial charge in [-0.3, -0.25) is 0 Å². The summed E-state index contributed by atoms with van der Waals surface area (Å²) >= 11 is -1.94. The van der Waals surface area contributed by atoms with Crippen molar-refractivity contribution in [3.05, 3.63) is 133 Å². The number of pyridine rings is 1. The predicted molar refractivity (Wildman–Crippen MR) is 180 cm³/mol. The quantitative estimate of drug-likeness (QED) is 0.171. The van der Waals surface area contributed by atoms with Crippen LogP contribution in [-0.2, 0) is 0 Å². The Balaban J connectivity index is 1.42. The third-order valence-electron chi connectivity index (χ3n) is 9.07. The number of nitrogens with zero attached hydrogens (tertiary/aromatic N) is 1. The molecule has 0 unspecified atom stereocenters. The number of benzene rings is 4. The van der Waals surface area contributed by atoms with E-state index in [4.69, 9.17) is 0 Å². The van der Waals surface area contributed by atoms with Gasteiger partial charge in [0.1, 0.15) is 0 Å². The van der Waals surface area contributed by atoms with Crippen LogP contribution in [0.4, 0.5) is 0 Å². The fourth-order valence-electron chi connectivity index (χ4n) is 6.86. The molecule has 0 saturated carbocycles. The molecule has 0 aliphatic carbocycles. The van der Waals surface area contributed by atoms with Crippen LogP contribution in [0.25, 0.3) is 10.9 Å². The summed E-state index contributed by atoms with van der Waals surface area (Å²) in [6.45, 7) is 2.34. The molecule has 1 aliphatic rings. The van der Waals surface area contributed by atoms with Gasteiger partial charge in [-0.05, 0) is 0 Å². The second kappa shape index (κ2) is 13.6. The minimum absolute atomic E-state index is 0.00161. The van der Waals surface area contributed by atoms with Gasteiger partial charge in [-0.15, -0.1) is 0 Å². The summed E-state index contributed by atoms with van der Waals surface area (Å²) in [7, 11) is -0.896. The van der Waals surface area contributed by atoms with Gasteiger partial charge < -0.3 is 0 Å². The molecule has 1 N–H and O–H groups in total. The van der Waals surface area contributed by atoms with Gasteiger partial charge in [0.15, 0.2) is 0 Å². The maximum atomic E-state index is 14.5. The summed E-state index contributed by atoms with van der Waals surface area (Å²) in [6, 6.07) is 40.1. The van der Waals surface area contributed by atoms with E-state index in [1.165, 1.54) is 39.6 Å². The van der Waals surface area contributed by atoms with Crippen molar-refractivity contribution in [3.8, 4) is 0 Å². The Bertz CT molecular complexity index is 1600. The van der Waals surface area contributed by atoms with Crippen molar-refractivity contribution in [3.63, 3.8) is 0 Å². The summed E-state index contributed by atoms with van der Waals surface area (Å²) in [5.74, 6) is 0.894. The normalized spacial score (nSPS) is 17.7. The Labute approximate surface area is 259 Å². The summed E-state index contributed by atoms with van der Waals surface area (Å²) < 4.78 is 4.58. The van der Waals surface area contributed by atoms with Crippen LogP contribution in [0.3, 0.4) is 0 Å². The Morgan fingerprint density at radius 1 is 0.857 bits per heavy atom. The number of amides is 1. The maximum absolute atomic E-state index is 14.5. The van der Waals surface area contributed by atoms with Gasteiger partial charge in [-0.1, -0.05) is 0 Å². The van der Waals surface area contributed by atoms with Gasteiger partial charge in [0, 0.05) is 0 Å². The second-order valence-electron chi connectivity index (χ2n) is 11.6. The average molecular weight is 673 g/mol. The predicted octanol–water partition coefficient (Wildman–Crippen LogP) is 7.78. The van der Waals surface area contributed by atoms with Gasteiger partial charge in [-0.2, -0.15) is 0 Å². The van der Waals surface area contributed by atoms with Gasteiger partial charge >= 0.3 is 260 Å². The standard InChI is InChI=1S/C36H35N2OP.CH3.In/c1-3-27(2)15-14-23-34(31-25-26-37-33-22-12-10-20-30(31)33)38-36(39)32-21-11-13-24-35(32)40(28-16-6-4-7-17-28)29-18-8-5-9-19-29;;/h4-13,16-27,34H,2-3,14-15H2,1H3,(H,38,39);1H3;/t27-,34+;;/m1../s1. The zero-order valence-corrected chi connectivity index (χ0v) is 28.7. The Morgan fingerprint density at radius 3 is 2.19 bits per heavy atom. The van der Waals surface area contributed by atoms with E-state index in [1.807, 2.05) is 24.4 Å². The third kappa shape index (κ3) is 6.21. The average Bonchev–Trinajstić information content (AvgIpc) is 3.05. The summed E-state index contributed by atoms with van der Waals surface area (Å²) in [4.78, 5) is 19.2. The summed E-state index contributed by atoms with van der Waals surface area (Å²) in [6.07, 6.45) is 5.67. The fraction of sp³-hybridized carbons (Fsp3) is 0.243. The molecule has 1 fully saturated rings. The molecule has 3 atom stereocenters. The molecular formula is C37H38InN2OP. The number of hydrogen-bond acceptors (Lipinski definition) is 2. The Morgan fingerprint density at radius 2 is 1.50 bits per heavy atom. The van der Waals surface area contributed by atoms with E-state index in [0.717, 1.165) is 27.7 Å². The molecule has 1 aromatic heterocycles. The second-order valence-corrected chi connectivity index (χ2v) is 23.2. The number of rotatable bonds is 8. The number of aromatic nitrogens is 1.